The van der Waals surface area contributed by atoms with E-state index < -0.39 is 18.0 Å². The zero-order valence-electron chi connectivity index (χ0n) is 10.3. The average Bonchev–Trinajstić information content (AvgIpc) is 2.76. The molecule has 0 fully saturated rings. The smallest absolute Gasteiger partial charge is 0.312 e. The first-order valence-corrected chi connectivity index (χ1v) is 5.72. The van der Waals surface area contributed by atoms with Gasteiger partial charge in [-0.25, -0.2) is 0 Å². The summed E-state index contributed by atoms with van der Waals surface area (Å²) in [6.45, 7) is 1.82. The van der Waals surface area contributed by atoms with Crippen molar-refractivity contribution in [2.75, 3.05) is 18.6 Å². The second-order valence-electron chi connectivity index (χ2n) is 4.28. The molecule has 1 aliphatic heterocycles. The van der Waals surface area contributed by atoms with E-state index >= 15 is 0 Å². The van der Waals surface area contributed by atoms with Gasteiger partial charge in [0.05, 0.1) is 0 Å². The average molecular weight is 249 g/mol. The molecule has 5 nitrogen and oxygen atoms in total. The van der Waals surface area contributed by atoms with Gasteiger partial charge in [-0.3, -0.25) is 9.59 Å². The Morgan fingerprint density at radius 3 is 2.72 bits per heavy atom. The van der Waals surface area contributed by atoms with E-state index in [-0.39, 0.29) is 12.5 Å². The van der Waals surface area contributed by atoms with Gasteiger partial charge in [0.25, 0.3) is 5.91 Å². The quantitative estimate of drug-likeness (QED) is 0.875. The summed E-state index contributed by atoms with van der Waals surface area (Å²) in [5.74, 6) is -1.79. The van der Waals surface area contributed by atoms with Gasteiger partial charge in [0.2, 0.25) is 0 Å². The number of aliphatic carboxylic acids is 1. The molecule has 1 N–H and O–H groups in total. The number of carbonyl (C=O) groups excluding carboxylic acids is 1. The van der Waals surface area contributed by atoms with Crippen molar-refractivity contribution < 1.29 is 19.4 Å². The van der Waals surface area contributed by atoms with Gasteiger partial charge in [0.15, 0.2) is 0 Å². The maximum Gasteiger partial charge on any atom is 0.312 e. The molecule has 1 aromatic carbocycles. The summed E-state index contributed by atoms with van der Waals surface area (Å²) in [7, 11) is 1.46. The molecule has 2 rings (SSSR count). The molecule has 0 radical (unpaired) electrons. The first-order chi connectivity index (χ1) is 8.56. The van der Waals surface area contributed by atoms with Crippen LogP contribution in [0.15, 0.2) is 24.3 Å². The second kappa shape index (κ2) is 4.78. The number of methoxy groups -OCH3 is 1. The fourth-order valence-electron chi connectivity index (χ4n) is 2.15. The van der Waals surface area contributed by atoms with Gasteiger partial charge >= 0.3 is 5.97 Å². The molecule has 96 valence electrons. The van der Waals surface area contributed by atoms with Crippen LogP contribution >= 0.6 is 0 Å². The molecule has 0 aromatic heterocycles. The van der Waals surface area contributed by atoms with E-state index in [0.29, 0.717) is 11.3 Å². The number of anilines is 1. The van der Waals surface area contributed by atoms with Crippen molar-refractivity contribution in [3.8, 4) is 0 Å². The summed E-state index contributed by atoms with van der Waals surface area (Å²) >= 11 is 0. The molecule has 1 aromatic rings. The van der Waals surface area contributed by atoms with E-state index in [1.807, 2.05) is 0 Å². The third kappa shape index (κ3) is 1.97. The molecular weight excluding hydrogens is 234 g/mol. The lowest BCUT2D eigenvalue weighted by Gasteiger charge is -2.20. The highest BCUT2D eigenvalue weighted by Gasteiger charge is 2.37. The van der Waals surface area contributed by atoms with Crippen LogP contribution in [0, 0.1) is 0 Å². The van der Waals surface area contributed by atoms with Gasteiger partial charge in [-0.15, -0.1) is 0 Å². The Bertz CT molecular complexity index is 486. The SMILES string of the molecule is COC(C)C(=O)N1CC(C(=O)O)c2ccccc21. The molecule has 5 heteroatoms. The van der Waals surface area contributed by atoms with Gasteiger partial charge in [-0.1, -0.05) is 18.2 Å². The number of rotatable bonds is 3. The largest absolute Gasteiger partial charge is 0.481 e. The Morgan fingerprint density at radius 2 is 2.11 bits per heavy atom. The topological polar surface area (TPSA) is 66.8 Å². The molecule has 0 spiro atoms. The van der Waals surface area contributed by atoms with Crippen molar-refractivity contribution in [1.29, 1.82) is 0 Å². The minimum absolute atomic E-state index is 0.168. The Hall–Kier alpha value is -1.88. The van der Waals surface area contributed by atoms with E-state index in [1.165, 1.54) is 12.0 Å². The van der Waals surface area contributed by atoms with E-state index in [1.54, 1.807) is 31.2 Å². The van der Waals surface area contributed by atoms with Gasteiger partial charge in [0.1, 0.15) is 12.0 Å². The predicted octanol–water partition coefficient (Wildman–Crippen LogP) is 1.24. The normalized spacial score (nSPS) is 19.4. The summed E-state index contributed by atoms with van der Waals surface area (Å²) in [4.78, 5) is 24.8. The van der Waals surface area contributed by atoms with E-state index in [0.717, 1.165) is 0 Å². The molecule has 0 saturated carbocycles. The van der Waals surface area contributed by atoms with Crippen LogP contribution in [0.5, 0.6) is 0 Å². The van der Waals surface area contributed by atoms with E-state index in [9.17, 15) is 14.7 Å². The van der Waals surface area contributed by atoms with Crippen LogP contribution in [-0.2, 0) is 14.3 Å². The molecule has 2 unspecified atom stereocenters. The number of carboxylic acids is 1. The van der Waals surface area contributed by atoms with Crippen molar-refractivity contribution >= 4 is 17.6 Å². The van der Waals surface area contributed by atoms with Gasteiger partial charge < -0.3 is 14.7 Å². The zero-order chi connectivity index (χ0) is 13.3. The summed E-state index contributed by atoms with van der Waals surface area (Å²) in [5.41, 5.74) is 1.35. The van der Waals surface area contributed by atoms with Crippen molar-refractivity contribution in [1.82, 2.24) is 0 Å². The lowest BCUT2D eigenvalue weighted by Crippen LogP contribution is -2.38. The predicted molar refractivity (Wildman–Crippen MR) is 65.6 cm³/mol. The van der Waals surface area contributed by atoms with Crippen LogP contribution < -0.4 is 4.90 Å². The molecule has 18 heavy (non-hydrogen) atoms. The number of hydrogen-bond donors (Lipinski definition) is 1. The number of fused-ring (bicyclic) bond motifs is 1. The molecule has 0 aliphatic carbocycles. The molecule has 0 bridgehead atoms. The standard InChI is InChI=1S/C13H15NO4/c1-8(18-2)12(15)14-7-10(13(16)17)9-5-3-4-6-11(9)14/h3-6,8,10H,7H2,1-2H3,(H,16,17). The molecule has 2 atom stereocenters. The maximum atomic E-state index is 12.1. The minimum atomic E-state index is -0.914. The van der Waals surface area contributed by atoms with Gasteiger partial charge in [-0.05, 0) is 18.6 Å². The highest BCUT2D eigenvalue weighted by molar-refractivity contribution is 6.01. The first kappa shape index (κ1) is 12.6. The highest BCUT2D eigenvalue weighted by Crippen LogP contribution is 2.36. The Labute approximate surface area is 105 Å². The van der Waals surface area contributed by atoms with Crippen molar-refractivity contribution in [3.63, 3.8) is 0 Å². The minimum Gasteiger partial charge on any atom is -0.481 e. The molecule has 0 saturated heterocycles. The van der Waals surface area contributed by atoms with Crippen molar-refractivity contribution in [2.45, 2.75) is 18.9 Å². The van der Waals surface area contributed by atoms with Crippen LogP contribution in [0.4, 0.5) is 5.69 Å². The number of ether oxygens (including phenoxy) is 1. The lowest BCUT2D eigenvalue weighted by atomic mass is 10.0. The number of nitrogens with zero attached hydrogens (tertiary/aromatic N) is 1. The summed E-state index contributed by atoms with van der Waals surface area (Å²) < 4.78 is 5.00. The van der Waals surface area contributed by atoms with Crippen LogP contribution in [0.25, 0.3) is 0 Å². The third-order valence-corrected chi connectivity index (χ3v) is 3.23. The number of amides is 1. The Kier molecular flexibility index (Phi) is 3.34. The van der Waals surface area contributed by atoms with E-state index in [4.69, 9.17) is 4.74 Å². The summed E-state index contributed by atoms with van der Waals surface area (Å²) in [6, 6.07) is 7.08. The first-order valence-electron chi connectivity index (χ1n) is 5.72. The molecular formula is C13H15NO4. The number of carboxylic acid groups (broad SMARTS) is 1. The number of carbonyl (C=O) groups is 2. The zero-order valence-corrected chi connectivity index (χ0v) is 10.3. The third-order valence-electron chi connectivity index (χ3n) is 3.23. The Balaban J connectivity index is 2.37. The Morgan fingerprint density at radius 1 is 1.44 bits per heavy atom. The summed E-state index contributed by atoms with van der Waals surface area (Å²) in [5, 5.41) is 9.19. The molecule has 1 heterocycles. The summed E-state index contributed by atoms with van der Waals surface area (Å²) in [6.07, 6.45) is -0.578. The van der Waals surface area contributed by atoms with Gasteiger partial charge in [-0.2, -0.15) is 0 Å². The fraction of sp³-hybridized carbons (Fsp3) is 0.385. The number of benzene rings is 1. The number of hydrogen-bond acceptors (Lipinski definition) is 3. The maximum absolute atomic E-state index is 12.1. The number of para-hydroxylation sites is 1. The fourth-order valence-corrected chi connectivity index (χ4v) is 2.15. The monoisotopic (exact) mass is 249 g/mol. The van der Waals surface area contributed by atoms with Crippen molar-refractivity contribution in [2.24, 2.45) is 0 Å². The highest BCUT2D eigenvalue weighted by atomic mass is 16.5. The van der Waals surface area contributed by atoms with Crippen LogP contribution in [0.2, 0.25) is 0 Å². The van der Waals surface area contributed by atoms with Gasteiger partial charge in [0, 0.05) is 19.3 Å². The molecule has 1 aliphatic rings. The van der Waals surface area contributed by atoms with Crippen LogP contribution in [-0.4, -0.2) is 36.7 Å². The lowest BCUT2D eigenvalue weighted by molar-refractivity contribution is -0.138. The van der Waals surface area contributed by atoms with Crippen LogP contribution in [0.3, 0.4) is 0 Å². The van der Waals surface area contributed by atoms with Crippen molar-refractivity contribution in [3.05, 3.63) is 29.8 Å². The van der Waals surface area contributed by atoms with E-state index in [2.05, 4.69) is 0 Å². The van der Waals surface area contributed by atoms with Crippen LogP contribution in [0.1, 0.15) is 18.4 Å². The molecule has 1 amide bonds. The second-order valence-corrected chi connectivity index (χ2v) is 4.28.